The fraction of sp³-hybridized carbons (Fsp3) is 0.333. The number of aromatic nitrogens is 1. The Bertz CT molecular complexity index is 697. The van der Waals surface area contributed by atoms with E-state index in [0.29, 0.717) is 31.2 Å². The highest BCUT2D eigenvalue weighted by Crippen LogP contribution is 2.31. The van der Waals surface area contributed by atoms with Crippen molar-refractivity contribution in [3.63, 3.8) is 0 Å². The van der Waals surface area contributed by atoms with Crippen LogP contribution in [0.1, 0.15) is 5.69 Å². The zero-order valence-corrected chi connectivity index (χ0v) is 12.5. The molecule has 3 rings (SSSR count). The lowest BCUT2D eigenvalue weighted by Crippen LogP contribution is -2.48. The molecule has 0 radical (unpaired) electrons. The molecule has 1 aromatic carbocycles. The second-order valence-corrected chi connectivity index (χ2v) is 5.58. The molecular formula is C15H16ClN3O2. The normalized spacial score (nSPS) is 15.5. The Balaban J connectivity index is 1.95. The smallest absolute Gasteiger partial charge is 0.407 e. The first-order valence-electron chi connectivity index (χ1n) is 6.85. The van der Waals surface area contributed by atoms with Gasteiger partial charge in [0.2, 0.25) is 0 Å². The minimum Gasteiger partial charge on any atom is -0.465 e. The number of carbonyl (C=O) groups is 1. The molecule has 0 bridgehead atoms. The summed E-state index contributed by atoms with van der Waals surface area (Å²) in [6.45, 7) is 4.32. The third-order valence-electron chi connectivity index (χ3n) is 3.82. The van der Waals surface area contributed by atoms with Crippen LogP contribution < -0.4 is 4.90 Å². The number of carboxylic acid groups (broad SMARTS) is 1. The first-order valence-corrected chi connectivity index (χ1v) is 7.23. The van der Waals surface area contributed by atoms with Crippen molar-refractivity contribution in [2.45, 2.75) is 6.92 Å². The molecule has 6 heteroatoms. The Labute approximate surface area is 127 Å². The lowest BCUT2D eigenvalue weighted by molar-refractivity contribution is 0.142. The fourth-order valence-corrected chi connectivity index (χ4v) is 2.89. The number of aryl methyl sites for hydroxylation is 1. The first kappa shape index (κ1) is 13.9. The minimum atomic E-state index is -0.854. The van der Waals surface area contributed by atoms with E-state index < -0.39 is 6.09 Å². The summed E-state index contributed by atoms with van der Waals surface area (Å²) in [5.74, 6) is 0. The van der Waals surface area contributed by atoms with Crippen LogP contribution in [0.4, 0.5) is 10.5 Å². The molecule has 1 aromatic heterocycles. The predicted molar refractivity (Wildman–Crippen MR) is 83.3 cm³/mol. The Kier molecular flexibility index (Phi) is 3.59. The molecule has 1 saturated heterocycles. The second kappa shape index (κ2) is 5.41. The molecule has 1 aliphatic heterocycles. The summed E-state index contributed by atoms with van der Waals surface area (Å²) in [5.41, 5.74) is 2.79. The number of piperazine rings is 1. The summed E-state index contributed by atoms with van der Waals surface area (Å²) in [4.78, 5) is 19.1. The van der Waals surface area contributed by atoms with E-state index >= 15 is 0 Å². The van der Waals surface area contributed by atoms with E-state index in [2.05, 4.69) is 9.88 Å². The molecule has 0 saturated carbocycles. The van der Waals surface area contributed by atoms with Crippen molar-refractivity contribution < 1.29 is 9.90 Å². The number of rotatable bonds is 1. The van der Waals surface area contributed by atoms with Gasteiger partial charge >= 0.3 is 6.09 Å². The van der Waals surface area contributed by atoms with E-state index in [0.717, 1.165) is 22.3 Å². The van der Waals surface area contributed by atoms with Gasteiger partial charge in [-0.15, -0.1) is 0 Å². The van der Waals surface area contributed by atoms with Gasteiger partial charge in [-0.05, 0) is 31.2 Å². The molecule has 1 amide bonds. The Morgan fingerprint density at radius 2 is 1.90 bits per heavy atom. The molecule has 0 spiro atoms. The molecule has 1 N–H and O–H groups in total. The quantitative estimate of drug-likeness (QED) is 0.880. The van der Waals surface area contributed by atoms with Crippen LogP contribution in [0.15, 0.2) is 24.3 Å². The van der Waals surface area contributed by atoms with Gasteiger partial charge in [0, 0.05) is 42.9 Å². The van der Waals surface area contributed by atoms with Crippen molar-refractivity contribution in [2.75, 3.05) is 31.1 Å². The number of benzene rings is 1. The summed E-state index contributed by atoms with van der Waals surface area (Å²) in [6, 6.07) is 7.84. The summed E-state index contributed by atoms with van der Waals surface area (Å²) < 4.78 is 0. The summed E-state index contributed by atoms with van der Waals surface area (Å²) in [6.07, 6.45) is -0.854. The van der Waals surface area contributed by atoms with Gasteiger partial charge in [-0.1, -0.05) is 11.6 Å². The molecule has 1 fully saturated rings. The number of amides is 1. The number of anilines is 1. The van der Waals surface area contributed by atoms with Crippen LogP contribution in [0, 0.1) is 6.92 Å². The Morgan fingerprint density at radius 3 is 2.57 bits per heavy atom. The van der Waals surface area contributed by atoms with E-state index in [-0.39, 0.29) is 0 Å². The first-order chi connectivity index (χ1) is 10.1. The van der Waals surface area contributed by atoms with Gasteiger partial charge in [-0.2, -0.15) is 0 Å². The van der Waals surface area contributed by atoms with Crippen LogP contribution in [0.5, 0.6) is 0 Å². The molecule has 2 aromatic rings. The van der Waals surface area contributed by atoms with Gasteiger partial charge in [0.15, 0.2) is 0 Å². The van der Waals surface area contributed by atoms with Crippen molar-refractivity contribution >= 4 is 34.3 Å². The SMILES string of the molecule is Cc1ccc2c(N3CCN(C(=O)O)CC3)ccc(Cl)c2n1. The van der Waals surface area contributed by atoms with Crippen LogP contribution in [-0.2, 0) is 0 Å². The lowest BCUT2D eigenvalue weighted by Gasteiger charge is -2.35. The molecule has 2 heterocycles. The van der Waals surface area contributed by atoms with E-state index in [1.165, 1.54) is 4.90 Å². The van der Waals surface area contributed by atoms with Gasteiger partial charge in [-0.3, -0.25) is 4.98 Å². The highest BCUT2D eigenvalue weighted by Gasteiger charge is 2.22. The van der Waals surface area contributed by atoms with Crippen LogP contribution in [0.25, 0.3) is 10.9 Å². The third-order valence-corrected chi connectivity index (χ3v) is 4.12. The molecule has 0 aliphatic carbocycles. The Morgan fingerprint density at radius 1 is 1.19 bits per heavy atom. The summed E-state index contributed by atoms with van der Waals surface area (Å²) >= 11 is 6.24. The van der Waals surface area contributed by atoms with Crippen LogP contribution in [0.2, 0.25) is 5.02 Å². The van der Waals surface area contributed by atoms with Gasteiger partial charge < -0.3 is 14.9 Å². The highest BCUT2D eigenvalue weighted by molar-refractivity contribution is 6.35. The standard InChI is InChI=1S/C15H16ClN3O2/c1-10-2-3-11-13(5-4-12(16)14(11)17-10)18-6-8-19(9-7-18)15(20)21/h2-5H,6-9H2,1H3,(H,20,21). The Hall–Kier alpha value is -2.01. The number of hydrogen-bond donors (Lipinski definition) is 1. The molecular weight excluding hydrogens is 290 g/mol. The number of pyridine rings is 1. The average molecular weight is 306 g/mol. The van der Waals surface area contributed by atoms with E-state index in [9.17, 15) is 4.79 Å². The van der Waals surface area contributed by atoms with Gasteiger partial charge in [0.25, 0.3) is 0 Å². The molecule has 110 valence electrons. The van der Waals surface area contributed by atoms with Gasteiger partial charge in [0.1, 0.15) is 0 Å². The zero-order chi connectivity index (χ0) is 15.0. The van der Waals surface area contributed by atoms with Crippen molar-refractivity contribution in [2.24, 2.45) is 0 Å². The number of nitrogens with zero attached hydrogens (tertiary/aromatic N) is 3. The van der Waals surface area contributed by atoms with Crippen LogP contribution >= 0.6 is 11.6 Å². The maximum absolute atomic E-state index is 11.0. The molecule has 5 nitrogen and oxygen atoms in total. The molecule has 21 heavy (non-hydrogen) atoms. The van der Waals surface area contributed by atoms with Crippen molar-refractivity contribution in [3.05, 3.63) is 35.0 Å². The number of fused-ring (bicyclic) bond motifs is 1. The summed E-state index contributed by atoms with van der Waals surface area (Å²) in [7, 11) is 0. The van der Waals surface area contributed by atoms with Gasteiger partial charge in [0.05, 0.1) is 10.5 Å². The lowest BCUT2D eigenvalue weighted by atomic mass is 10.1. The van der Waals surface area contributed by atoms with Crippen molar-refractivity contribution in [1.82, 2.24) is 9.88 Å². The van der Waals surface area contributed by atoms with Crippen molar-refractivity contribution in [1.29, 1.82) is 0 Å². The number of hydrogen-bond acceptors (Lipinski definition) is 3. The monoisotopic (exact) mass is 305 g/mol. The van der Waals surface area contributed by atoms with Crippen molar-refractivity contribution in [3.8, 4) is 0 Å². The van der Waals surface area contributed by atoms with Gasteiger partial charge in [-0.25, -0.2) is 4.79 Å². The van der Waals surface area contributed by atoms with E-state index in [4.69, 9.17) is 16.7 Å². The minimum absolute atomic E-state index is 0.513. The van der Waals surface area contributed by atoms with E-state index in [1.54, 1.807) is 0 Å². The zero-order valence-electron chi connectivity index (χ0n) is 11.7. The topological polar surface area (TPSA) is 56.7 Å². The second-order valence-electron chi connectivity index (χ2n) is 5.17. The predicted octanol–water partition coefficient (Wildman–Crippen LogP) is 3.00. The fourth-order valence-electron chi connectivity index (χ4n) is 2.68. The third kappa shape index (κ3) is 2.61. The van der Waals surface area contributed by atoms with Crippen LogP contribution in [0.3, 0.4) is 0 Å². The largest absolute Gasteiger partial charge is 0.465 e. The molecule has 0 unspecified atom stereocenters. The maximum Gasteiger partial charge on any atom is 0.407 e. The number of halogens is 1. The van der Waals surface area contributed by atoms with Crippen LogP contribution in [-0.4, -0.2) is 47.3 Å². The average Bonchev–Trinajstić information content (AvgIpc) is 2.48. The molecule has 1 aliphatic rings. The van der Waals surface area contributed by atoms with E-state index in [1.807, 2.05) is 31.2 Å². The summed E-state index contributed by atoms with van der Waals surface area (Å²) in [5, 5.41) is 10.7. The highest BCUT2D eigenvalue weighted by atomic mass is 35.5. The maximum atomic E-state index is 11.0. The molecule has 0 atom stereocenters.